The number of carbonyl (C=O) groups excluding carboxylic acids is 1. The summed E-state index contributed by atoms with van der Waals surface area (Å²) in [5, 5.41) is 4.16. The van der Waals surface area contributed by atoms with Crippen molar-refractivity contribution >= 4 is 23.6 Å². The lowest BCUT2D eigenvalue weighted by molar-refractivity contribution is -0.106. The zero-order valence-corrected chi connectivity index (χ0v) is 16.0. The molecule has 0 aliphatic heterocycles. The van der Waals surface area contributed by atoms with E-state index >= 15 is 0 Å². The van der Waals surface area contributed by atoms with Crippen molar-refractivity contribution in [2.24, 2.45) is 5.92 Å². The minimum atomic E-state index is -0.676. The Balaban J connectivity index is 1.99. The fraction of sp³-hybridized carbons (Fsp3) is 0.263. The number of H-pyrrole nitrogens is 1. The smallest absolute Gasteiger partial charge is 0.330 e. The molecule has 0 atom stereocenters. The normalized spacial score (nSPS) is 11.0. The second-order valence-electron chi connectivity index (χ2n) is 7.00. The first-order valence-corrected chi connectivity index (χ1v) is 8.94. The first-order chi connectivity index (χ1) is 13.8. The van der Waals surface area contributed by atoms with Crippen LogP contribution in [0, 0.1) is 11.7 Å². The summed E-state index contributed by atoms with van der Waals surface area (Å²) in [7, 11) is 0. The summed E-state index contributed by atoms with van der Waals surface area (Å²) in [4.78, 5) is 40.2. The van der Waals surface area contributed by atoms with Crippen LogP contribution >= 0.6 is 0 Å². The van der Waals surface area contributed by atoms with Crippen LogP contribution in [0.15, 0.2) is 46.2 Å². The van der Waals surface area contributed by atoms with Gasteiger partial charge in [0.25, 0.3) is 5.56 Å². The van der Waals surface area contributed by atoms with Gasteiger partial charge in [0.05, 0.1) is 18.4 Å². The summed E-state index contributed by atoms with van der Waals surface area (Å²) < 4.78 is 15.9. The molecular weight excluding hydrogens is 379 g/mol. The number of nitrogens with zero attached hydrogens (tertiary/aromatic N) is 4. The van der Waals surface area contributed by atoms with Crippen LogP contribution in [0.3, 0.4) is 0 Å². The van der Waals surface area contributed by atoms with Crippen LogP contribution in [0.25, 0.3) is 0 Å². The molecule has 29 heavy (non-hydrogen) atoms. The summed E-state index contributed by atoms with van der Waals surface area (Å²) in [5.74, 6) is -0.551. The van der Waals surface area contributed by atoms with Crippen LogP contribution in [0.4, 0.5) is 21.6 Å². The number of nitrogen functional groups attached to an aromatic ring is 1. The van der Waals surface area contributed by atoms with Gasteiger partial charge in [0.2, 0.25) is 6.41 Å². The van der Waals surface area contributed by atoms with Crippen LogP contribution in [-0.4, -0.2) is 25.7 Å². The van der Waals surface area contributed by atoms with E-state index in [-0.39, 0.29) is 42.0 Å². The first-order valence-electron chi connectivity index (χ1n) is 8.94. The second kappa shape index (κ2) is 8.13. The molecule has 1 amide bonds. The number of nitrogens with two attached hydrogens (primary N) is 1. The van der Waals surface area contributed by atoms with Gasteiger partial charge in [-0.15, -0.1) is 0 Å². The molecular formula is C19H21FN6O3. The van der Waals surface area contributed by atoms with Crippen LogP contribution in [0.2, 0.25) is 0 Å². The average Bonchev–Trinajstić information content (AvgIpc) is 3.10. The highest BCUT2D eigenvalue weighted by atomic mass is 19.1. The van der Waals surface area contributed by atoms with Crippen molar-refractivity contribution in [3.8, 4) is 0 Å². The Kier molecular flexibility index (Phi) is 5.62. The van der Waals surface area contributed by atoms with E-state index in [2.05, 4.69) is 10.1 Å². The van der Waals surface area contributed by atoms with Crippen LogP contribution in [-0.2, 0) is 17.9 Å². The second-order valence-corrected chi connectivity index (χ2v) is 7.00. The molecule has 3 aromatic rings. The minimum Gasteiger partial charge on any atom is -0.383 e. The van der Waals surface area contributed by atoms with Crippen molar-refractivity contribution in [2.75, 3.05) is 10.6 Å². The zero-order valence-electron chi connectivity index (χ0n) is 16.0. The predicted octanol–water partition coefficient (Wildman–Crippen LogP) is 1.45. The lowest BCUT2D eigenvalue weighted by atomic mass is 10.2. The van der Waals surface area contributed by atoms with Gasteiger partial charge in [-0.2, -0.15) is 5.10 Å². The summed E-state index contributed by atoms with van der Waals surface area (Å²) in [6.45, 7) is 4.15. The number of anilines is 3. The molecule has 2 heterocycles. The number of hydrogen-bond acceptors (Lipinski definition) is 5. The molecule has 0 unspecified atom stereocenters. The average molecular weight is 400 g/mol. The summed E-state index contributed by atoms with van der Waals surface area (Å²) in [6.07, 6.45) is 3.33. The number of aromatic amines is 1. The number of benzene rings is 1. The summed E-state index contributed by atoms with van der Waals surface area (Å²) in [5.41, 5.74) is 5.33. The number of hydrogen-bond donors (Lipinski definition) is 2. The van der Waals surface area contributed by atoms with Crippen molar-refractivity contribution in [1.29, 1.82) is 0 Å². The maximum absolute atomic E-state index is 13.4. The number of rotatable bonds is 7. The number of nitrogens with one attached hydrogen (secondary N) is 1. The molecule has 0 spiro atoms. The fourth-order valence-electron chi connectivity index (χ4n) is 2.97. The van der Waals surface area contributed by atoms with Gasteiger partial charge < -0.3 is 5.73 Å². The largest absolute Gasteiger partial charge is 0.383 e. The third kappa shape index (κ3) is 4.26. The third-order valence-corrected chi connectivity index (χ3v) is 4.22. The molecule has 10 heteroatoms. The highest BCUT2D eigenvalue weighted by molar-refractivity contribution is 5.89. The molecule has 0 bridgehead atoms. The SMILES string of the molecule is CC(C)Cn1c(=O)[nH]c(N)c(N(C=O)c2cnn(Cc3cccc(F)c3)c2)c1=O. The highest BCUT2D eigenvalue weighted by Crippen LogP contribution is 2.23. The minimum absolute atomic E-state index is 0.0315. The molecule has 0 saturated carbocycles. The predicted molar refractivity (Wildman–Crippen MR) is 107 cm³/mol. The van der Waals surface area contributed by atoms with E-state index in [0.717, 1.165) is 9.47 Å². The first kappa shape index (κ1) is 20.1. The van der Waals surface area contributed by atoms with Crippen LogP contribution in [0.1, 0.15) is 19.4 Å². The molecule has 0 radical (unpaired) electrons. The van der Waals surface area contributed by atoms with Gasteiger partial charge in [-0.25, -0.2) is 9.18 Å². The van der Waals surface area contributed by atoms with Crippen molar-refractivity contribution in [3.05, 3.63) is 68.9 Å². The van der Waals surface area contributed by atoms with Crippen molar-refractivity contribution < 1.29 is 9.18 Å². The molecule has 0 aliphatic carbocycles. The highest BCUT2D eigenvalue weighted by Gasteiger charge is 2.21. The van der Waals surface area contributed by atoms with Gasteiger partial charge >= 0.3 is 5.69 Å². The number of amides is 1. The van der Waals surface area contributed by atoms with Crippen LogP contribution in [0.5, 0.6) is 0 Å². The summed E-state index contributed by atoms with van der Waals surface area (Å²) >= 11 is 0. The van der Waals surface area contributed by atoms with Crippen molar-refractivity contribution in [1.82, 2.24) is 19.3 Å². The van der Waals surface area contributed by atoms with E-state index in [1.54, 1.807) is 12.1 Å². The molecule has 2 aromatic heterocycles. The van der Waals surface area contributed by atoms with Crippen molar-refractivity contribution in [2.45, 2.75) is 26.9 Å². The van der Waals surface area contributed by atoms with Gasteiger partial charge in [-0.05, 0) is 23.6 Å². The van der Waals surface area contributed by atoms with Crippen LogP contribution < -0.4 is 21.9 Å². The van der Waals surface area contributed by atoms with Gasteiger partial charge in [-0.1, -0.05) is 26.0 Å². The van der Waals surface area contributed by atoms with E-state index in [1.165, 1.54) is 29.2 Å². The zero-order chi connectivity index (χ0) is 21.1. The number of aromatic nitrogens is 4. The third-order valence-electron chi connectivity index (χ3n) is 4.22. The van der Waals surface area contributed by atoms with Gasteiger partial charge in [-0.3, -0.25) is 28.7 Å². The maximum atomic E-state index is 13.4. The maximum Gasteiger partial charge on any atom is 0.330 e. The monoisotopic (exact) mass is 400 g/mol. The van der Waals surface area contributed by atoms with E-state index in [4.69, 9.17) is 5.73 Å². The van der Waals surface area contributed by atoms with Crippen molar-refractivity contribution in [3.63, 3.8) is 0 Å². The van der Waals surface area contributed by atoms with Gasteiger partial charge in [0.15, 0.2) is 5.69 Å². The lowest BCUT2D eigenvalue weighted by Gasteiger charge is -2.18. The number of halogens is 1. The molecule has 0 saturated heterocycles. The Hall–Kier alpha value is -3.69. The van der Waals surface area contributed by atoms with Gasteiger partial charge in [0.1, 0.15) is 11.6 Å². The molecule has 3 rings (SSSR count). The fourth-order valence-corrected chi connectivity index (χ4v) is 2.97. The molecule has 9 nitrogen and oxygen atoms in total. The standard InChI is InChI=1S/C19H21FN6O3/c1-12(2)8-25-18(28)16(17(21)23-19(25)29)26(11-27)15-7-22-24(10-15)9-13-4-3-5-14(20)6-13/h3-7,10-12H,8-9,21H2,1-2H3,(H,23,29). The van der Waals surface area contributed by atoms with E-state index in [0.29, 0.717) is 12.0 Å². The summed E-state index contributed by atoms with van der Waals surface area (Å²) in [6, 6.07) is 6.05. The van der Waals surface area contributed by atoms with E-state index in [1.807, 2.05) is 13.8 Å². The molecule has 3 N–H and O–H groups in total. The Bertz CT molecular complexity index is 1150. The van der Waals surface area contributed by atoms with Gasteiger partial charge in [0, 0.05) is 12.7 Å². The Morgan fingerprint density at radius 3 is 2.76 bits per heavy atom. The molecule has 1 aromatic carbocycles. The number of carbonyl (C=O) groups is 1. The Morgan fingerprint density at radius 1 is 1.34 bits per heavy atom. The topological polar surface area (TPSA) is 119 Å². The molecule has 0 aliphatic rings. The Labute approximate surface area is 165 Å². The Morgan fingerprint density at radius 2 is 2.10 bits per heavy atom. The van der Waals surface area contributed by atoms with E-state index < -0.39 is 11.2 Å². The molecule has 0 fully saturated rings. The lowest BCUT2D eigenvalue weighted by Crippen LogP contribution is -2.40. The quantitative estimate of drug-likeness (QED) is 0.582. The van der Waals surface area contributed by atoms with E-state index in [9.17, 15) is 18.8 Å². The molecule has 152 valence electrons.